The molecular formula is C14H15ClO2. The summed E-state index contributed by atoms with van der Waals surface area (Å²) < 4.78 is 5.58. The second-order valence-electron chi connectivity index (χ2n) is 3.98. The number of alkyl halides is 1. The molecule has 0 aliphatic carbocycles. The van der Waals surface area contributed by atoms with Crippen LogP contribution in [0.25, 0.3) is 10.8 Å². The van der Waals surface area contributed by atoms with Crippen LogP contribution in [0.15, 0.2) is 30.3 Å². The first kappa shape index (κ1) is 12.1. The van der Waals surface area contributed by atoms with Crippen molar-refractivity contribution < 1.29 is 9.84 Å². The molecule has 1 N–H and O–H groups in total. The topological polar surface area (TPSA) is 29.5 Å². The number of ether oxygens (including phenoxy) is 1. The highest BCUT2D eigenvalue weighted by Gasteiger charge is 2.03. The molecule has 90 valence electrons. The van der Waals surface area contributed by atoms with Gasteiger partial charge in [-0.3, -0.25) is 0 Å². The number of hydrogen-bond acceptors (Lipinski definition) is 2. The molecule has 2 aromatic carbocycles. The van der Waals surface area contributed by atoms with Crippen LogP contribution in [0.2, 0.25) is 0 Å². The number of benzene rings is 2. The highest BCUT2D eigenvalue weighted by atomic mass is 35.5. The molecule has 2 aromatic rings. The van der Waals surface area contributed by atoms with Crippen molar-refractivity contribution in [1.82, 2.24) is 0 Å². The zero-order chi connectivity index (χ0) is 12.3. The molecule has 0 bridgehead atoms. The second kappa shape index (κ2) is 5.28. The molecule has 0 unspecified atom stereocenters. The number of aryl methyl sites for hydroxylation is 1. The maximum atomic E-state index is 9.61. The molecule has 3 heteroatoms. The number of fused-ring (bicyclic) bond motifs is 1. The van der Waals surface area contributed by atoms with Crippen molar-refractivity contribution in [2.75, 3.05) is 12.5 Å². The Morgan fingerprint density at radius 1 is 1.24 bits per heavy atom. The molecule has 0 atom stereocenters. The third kappa shape index (κ3) is 2.64. The summed E-state index contributed by atoms with van der Waals surface area (Å²) in [6.45, 7) is 2.54. The van der Waals surface area contributed by atoms with Crippen LogP contribution in [0.5, 0.6) is 11.5 Å². The van der Waals surface area contributed by atoms with Crippen LogP contribution in [-0.2, 0) is 0 Å². The minimum absolute atomic E-state index is 0.327. The second-order valence-corrected chi connectivity index (χ2v) is 4.36. The molecule has 0 radical (unpaired) electrons. The van der Waals surface area contributed by atoms with E-state index in [2.05, 4.69) is 0 Å². The van der Waals surface area contributed by atoms with Crippen molar-refractivity contribution in [1.29, 1.82) is 0 Å². The molecule has 0 saturated heterocycles. The van der Waals surface area contributed by atoms with E-state index in [0.717, 1.165) is 28.5 Å². The molecular weight excluding hydrogens is 236 g/mol. The number of phenolic OH excluding ortho intramolecular Hbond substituents is 1. The monoisotopic (exact) mass is 250 g/mol. The van der Waals surface area contributed by atoms with Crippen molar-refractivity contribution in [2.45, 2.75) is 13.3 Å². The molecule has 0 heterocycles. The average Bonchev–Trinajstić information content (AvgIpc) is 2.34. The lowest BCUT2D eigenvalue weighted by atomic mass is 10.0. The van der Waals surface area contributed by atoms with E-state index in [4.69, 9.17) is 16.3 Å². The summed E-state index contributed by atoms with van der Waals surface area (Å²) in [7, 11) is 0. The SMILES string of the molecule is Cc1c(O)ccc2cc(OCCCCl)ccc12. The fraction of sp³-hybridized carbons (Fsp3) is 0.286. The van der Waals surface area contributed by atoms with Crippen molar-refractivity contribution in [3.8, 4) is 11.5 Å². The smallest absolute Gasteiger partial charge is 0.119 e. The Hall–Kier alpha value is -1.41. The lowest BCUT2D eigenvalue weighted by Gasteiger charge is -2.08. The molecule has 2 nitrogen and oxygen atoms in total. The molecule has 0 spiro atoms. The van der Waals surface area contributed by atoms with Crippen LogP contribution in [0, 0.1) is 6.92 Å². The predicted octanol–water partition coefficient (Wildman–Crippen LogP) is 3.86. The molecule has 0 fully saturated rings. The van der Waals surface area contributed by atoms with E-state index in [1.54, 1.807) is 6.07 Å². The zero-order valence-electron chi connectivity index (χ0n) is 9.74. The summed E-state index contributed by atoms with van der Waals surface area (Å²) in [6, 6.07) is 9.48. The van der Waals surface area contributed by atoms with Crippen LogP contribution >= 0.6 is 11.6 Å². The fourth-order valence-electron chi connectivity index (χ4n) is 1.79. The Labute approximate surface area is 106 Å². The van der Waals surface area contributed by atoms with Crippen molar-refractivity contribution >= 4 is 22.4 Å². The zero-order valence-corrected chi connectivity index (χ0v) is 10.5. The Bertz CT molecular complexity index is 523. The van der Waals surface area contributed by atoms with Gasteiger partial charge in [-0.2, -0.15) is 0 Å². The van der Waals surface area contributed by atoms with Crippen LogP contribution in [0.4, 0.5) is 0 Å². The first-order valence-electron chi connectivity index (χ1n) is 5.63. The summed E-state index contributed by atoms with van der Waals surface area (Å²) in [5.41, 5.74) is 0.898. The van der Waals surface area contributed by atoms with Gasteiger partial charge in [0.2, 0.25) is 0 Å². The molecule has 0 aromatic heterocycles. The standard InChI is InChI=1S/C14H15ClO2/c1-10-13-5-4-12(17-8-2-7-15)9-11(13)3-6-14(10)16/h3-6,9,16H,2,7-8H2,1H3. The van der Waals surface area contributed by atoms with Gasteiger partial charge in [0.25, 0.3) is 0 Å². The number of halogens is 1. The van der Waals surface area contributed by atoms with E-state index >= 15 is 0 Å². The van der Waals surface area contributed by atoms with Gasteiger partial charge in [-0.25, -0.2) is 0 Å². The van der Waals surface area contributed by atoms with E-state index in [9.17, 15) is 5.11 Å². The minimum Gasteiger partial charge on any atom is -0.508 e. The number of hydrogen-bond donors (Lipinski definition) is 1. The lowest BCUT2D eigenvalue weighted by Crippen LogP contribution is -1.97. The van der Waals surface area contributed by atoms with E-state index in [-0.39, 0.29) is 0 Å². The number of aromatic hydroxyl groups is 1. The maximum Gasteiger partial charge on any atom is 0.119 e. The van der Waals surface area contributed by atoms with E-state index < -0.39 is 0 Å². The Balaban J connectivity index is 2.29. The van der Waals surface area contributed by atoms with Crippen molar-refractivity contribution in [3.63, 3.8) is 0 Å². The number of phenols is 1. The van der Waals surface area contributed by atoms with Gasteiger partial charge < -0.3 is 9.84 Å². The highest BCUT2D eigenvalue weighted by molar-refractivity contribution is 6.17. The third-order valence-corrected chi connectivity index (χ3v) is 3.05. The van der Waals surface area contributed by atoms with Gasteiger partial charge in [-0.05, 0) is 47.9 Å². The van der Waals surface area contributed by atoms with Gasteiger partial charge in [-0.15, -0.1) is 11.6 Å². The fourth-order valence-corrected chi connectivity index (χ4v) is 1.90. The van der Waals surface area contributed by atoms with Gasteiger partial charge in [0.15, 0.2) is 0 Å². The summed E-state index contributed by atoms with van der Waals surface area (Å²) in [5.74, 6) is 1.78. The molecule has 17 heavy (non-hydrogen) atoms. The van der Waals surface area contributed by atoms with Gasteiger partial charge in [0.1, 0.15) is 11.5 Å². The van der Waals surface area contributed by atoms with Crippen LogP contribution in [0.1, 0.15) is 12.0 Å². The quantitative estimate of drug-likeness (QED) is 0.660. The number of rotatable bonds is 4. The largest absolute Gasteiger partial charge is 0.508 e. The Kier molecular flexibility index (Phi) is 3.75. The summed E-state index contributed by atoms with van der Waals surface area (Å²) in [4.78, 5) is 0. The van der Waals surface area contributed by atoms with Gasteiger partial charge in [0, 0.05) is 5.88 Å². The van der Waals surface area contributed by atoms with E-state index in [0.29, 0.717) is 18.2 Å². The van der Waals surface area contributed by atoms with Crippen LogP contribution < -0.4 is 4.74 Å². The van der Waals surface area contributed by atoms with Crippen LogP contribution in [0.3, 0.4) is 0 Å². The molecule has 0 aliphatic rings. The van der Waals surface area contributed by atoms with Gasteiger partial charge in [0.05, 0.1) is 6.61 Å². The van der Waals surface area contributed by atoms with E-state index in [1.165, 1.54) is 0 Å². The molecule has 0 saturated carbocycles. The van der Waals surface area contributed by atoms with Crippen molar-refractivity contribution in [3.05, 3.63) is 35.9 Å². The average molecular weight is 251 g/mol. The summed E-state index contributed by atoms with van der Waals surface area (Å²) >= 11 is 5.59. The first-order chi connectivity index (χ1) is 8.22. The Morgan fingerprint density at radius 2 is 2.06 bits per heavy atom. The predicted molar refractivity (Wildman–Crippen MR) is 71.2 cm³/mol. The normalized spacial score (nSPS) is 10.7. The third-order valence-electron chi connectivity index (χ3n) is 2.78. The minimum atomic E-state index is 0.327. The van der Waals surface area contributed by atoms with Gasteiger partial charge in [-0.1, -0.05) is 12.1 Å². The Morgan fingerprint density at radius 3 is 2.82 bits per heavy atom. The molecule has 0 amide bonds. The van der Waals surface area contributed by atoms with Gasteiger partial charge >= 0.3 is 0 Å². The molecule has 0 aliphatic heterocycles. The molecule has 2 rings (SSSR count). The van der Waals surface area contributed by atoms with E-state index in [1.807, 2.05) is 31.2 Å². The lowest BCUT2D eigenvalue weighted by molar-refractivity contribution is 0.319. The summed E-state index contributed by atoms with van der Waals surface area (Å²) in [6.07, 6.45) is 0.841. The summed E-state index contributed by atoms with van der Waals surface area (Å²) in [5, 5.41) is 11.7. The highest BCUT2D eigenvalue weighted by Crippen LogP contribution is 2.28. The maximum absolute atomic E-state index is 9.61. The van der Waals surface area contributed by atoms with Crippen LogP contribution in [-0.4, -0.2) is 17.6 Å². The first-order valence-corrected chi connectivity index (χ1v) is 6.17. The van der Waals surface area contributed by atoms with Crippen molar-refractivity contribution in [2.24, 2.45) is 0 Å².